The van der Waals surface area contributed by atoms with E-state index in [1.165, 1.54) is 6.92 Å². The summed E-state index contributed by atoms with van der Waals surface area (Å²) in [5.74, 6) is -0.518. The summed E-state index contributed by atoms with van der Waals surface area (Å²) in [6.45, 7) is 5.74. The van der Waals surface area contributed by atoms with Gasteiger partial charge in [0.15, 0.2) is 0 Å². The monoisotopic (exact) mass is 378 g/mol. The molecule has 0 unspecified atom stereocenters. The summed E-state index contributed by atoms with van der Waals surface area (Å²) in [4.78, 5) is 36.1. The summed E-state index contributed by atoms with van der Waals surface area (Å²) < 4.78 is 10.6. The molecule has 2 saturated carbocycles. The molecule has 0 radical (unpaired) electrons. The highest BCUT2D eigenvalue weighted by Crippen LogP contribution is 2.61. The maximum Gasteiger partial charge on any atom is 0.331 e. The number of aliphatic hydroxyl groups is 1. The maximum absolute atomic E-state index is 13.0. The van der Waals surface area contributed by atoms with Gasteiger partial charge in [-0.25, -0.2) is 4.79 Å². The van der Waals surface area contributed by atoms with Gasteiger partial charge < -0.3 is 14.6 Å². The summed E-state index contributed by atoms with van der Waals surface area (Å²) in [6.07, 6.45) is 5.14. The van der Waals surface area contributed by atoms with Crippen LogP contribution in [0.3, 0.4) is 0 Å². The van der Waals surface area contributed by atoms with Crippen LogP contribution in [-0.4, -0.2) is 42.1 Å². The second-order valence-corrected chi connectivity index (χ2v) is 8.72. The lowest BCUT2D eigenvalue weighted by Crippen LogP contribution is -2.63. The van der Waals surface area contributed by atoms with Gasteiger partial charge in [-0.2, -0.15) is 0 Å². The zero-order valence-corrected chi connectivity index (χ0v) is 16.5. The van der Waals surface area contributed by atoms with Crippen LogP contribution in [0.15, 0.2) is 11.6 Å². The van der Waals surface area contributed by atoms with Crippen LogP contribution >= 0.6 is 0 Å². The van der Waals surface area contributed by atoms with Crippen molar-refractivity contribution in [2.75, 3.05) is 13.2 Å². The highest BCUT2D eigenvalue weighted by atomic mass is 16.5. The maximum atomic E-state index is 13.0. The number of Topliss-reactive ketones (excluding diaryl/α,β-unsaturated/α-hetero) is 1. The molecule has 2 aliphatic carbocycles. The lowest BCUT2D eigenvalue weighted by molar-refractivity contribution is -0.201. The van der Waals surface area contributed by atoms with E-state index in [-0.39, 0.29) is 35.6 Å². The van der Waals surface area contributed by atoms with Crippen molar-refractivity contribution < 1.29 is 29.0 Å². The van der Waals surface area contributed by atoms with Crippen molar-refractivity contribution >= 4 is 17.7 Å². The Morgan fingerprint density at radius 1 is 1.41 bits per heavy atom. The van der Waals surface area contributed by atoms with E-state index in [0.717, 1.165) is 31.3 Å². The van der Waals surface area contributed by atoms with Gasteiger partial charge in [-0.3, -0.25) is 9.59 Å². The largest absolute Gasteiger partial charge is 0.461 e. The Bertz CT molecular complexity index is 668. The SMILES string of the molecule is CC(=O)O[C@H]1C[C@@H](C)[C@](C)(CCC2=CC(=O)OC2)[C@H]2CCCC(=O)[C@]12CO. The molecular formula is C21H30O6. The first-order valence-corrected chi connectivity index (χ1v) is 9.91. The van der Waals surface area contributed by atoms with Gasteiger partial charge in [-0.1, -0.05) is 13.8 Å². The Labute approximate surface area is 160 Å². The minimum atomic E-state index is -1.01. The molecular weight excluding hydrogens is 348 g/mol. The fraction of sp³-hybridized carbons (Fsp3) is 0.762. The summed E-state index contributed by atoms with van der Waals surface area (Å²) >= 11 is 0. The van der Waals surface area contributed by atoms with Crippen molar-refractivity contribution in [1.29, 1.82) is 0 Å². The molecule has 1 heterocycles. The molecule has 6 heteroatoms. The van der Waals surface area contributed by atoms with Crippen LogP contribution in [0.25, 0.3) is 0 Å². The molecule has 1 aliphatic heterocycles. The topological polar surface area (TPSA) is 89.9 Å². The third-order valence-electron chi connectivity index (χ3n) is 7.38. The van der Waals surface area contributed by atoms with E-state index in [2.05, 4.69) is 13.8 Å². The smallest absolute Gasteiger partial charge is 0.331 e. The standard InChI is InChI=1S/C21H30O6/c1-13-9-18(27-14(2)23)21(12-22)16(5-4-6-17(21)24)20(13,3)8-7-15-10-19(25)26-11-15/h10,13,16,18,22H,4-9,11-12H2,1-3H3/t13-,16-,18+,20+,21-/m1/s1. The molecule has 0 bridgehead atoms. The number of rotatable bonds is 5. The average Bonchev–Trinajstić information content (AvgIpc) is 3.03. The van der Waals surface area contributed by atoms with E-state index in [4.69, 9.17) is 9.47 Å². The Balaban J connectivity index is 1.92. The molecule has 0 spiro atoms. The number of esters is 2. The fourth-order valence-electron chi connectivity index (χ4n) is 5.68. The fourth-order valence-corrected chi connectivity index (χ4v) is 5.68. The molecule has 150 valence electrons. The van der Waals surface area contributed by atoms with Crippen molar-refractivity contribution in [2.24, 2.45) is 22.7 Å². The number of aliphatic hydroxyl groups excluding tert-OH is 1. The number of ketones is 1. The highest BCUT2D eigenvalue weighted by molar-refractivity contribution is 5.87. The van der Waals surface area contributed by atoms with Crippen molar-refractivity contribution in [1.82, 2.24) is 0 Å². The van der Waals surface area contributed by atoms with Gasteiger partial charge in [0, 0.05) is 19.4 Å². The van der Waals surface area contributed by atoms with Crippen LogP contribution in [0.1, 0.15) is 59.3 Å². The number of hydrogen-bond donors (Lipinski definition) is 1. The predicted molar refractivity (Wildman–Crippen MR) is 97.6 cm³/mol. The quantitative estimate of drug-likeness (QED) is 0.740. The molecule has 0 amide bonds. The average molecular weight is 378 g/mol. The van der Waals surface area contributed by atoms with Gasteiger partial charge in [0.25, 0.3) is 0 Å². The Kier molecular flexibility index (Phi) is 5.48. The van der Waals surface area contributed by atoms with Crippen LogP contribution in [0.5, 0.6) is 0 Å². The third kappa shape index (κ3) is 3.33. The molecule has 6 nitrogen and oxygen atoms in total. The Morgan fingerprint density at radius 3 is 2.74 bits per heavy atom. The minimum Gasteiger partial charge on any atom is -0.461 e. The number of carbonyl (C=O) groups excluding carboxylic acids is 3. The van der Waals surface area contributed by atoms with Crippen molar-refractivity contribution in [3.8, 4) is 0 Å². The van der Waals surface area contributed by atoms with E-state index in [0.29, 0.717) is 19.4 Å². The molecule has 1 N–H and O–H groups in total. The second-order valence-electron chi connectivity index (χ2n) is 8.72. The third-order valence-corrected chi connectivity index (χ3v) is 7.38. The van der Waals surface area contributed by atoms with Crippen LogP contribution < -0.4 is 0 Å². The molecule has 3 rings (SSSR count). The first-order valence-electron chi connectivity index (χ1n) is 9.91. The second kappa shape index (κ2) is 7.38. The van der Waals surface area contributed by atoms with Crippen molar-refractivity contribution in [3.63, 3.8) is 0 Å². The number of carbonyl (C=O) groups is 3. The van der Waals surface area contributed by atoms with E-state index in [1.807, 2.05) is 0 Å². The summed E-state index contributed by atoms with van der Waals surface area (Å²) in [5.41, 5.74) is -0.226. The zero-order chi connectivity index (χ0) is 19.8. The van der Waals surface area contributed by atoms with Gasteiger partial charge >= 0.3 is 11.9 Å². The predicted octanol–water partition coefficient (Wildman–Crippen LogP) is 2.58. The van der Waals surface area contributed by atoms with Crippen LogP contribution in [0, 0.1) is 22.7 Å². The normalized spacial score (nSPS) is 38.8. The number of ether oxygens (including phenoxy) is 2. The molecule has 27 heavy (non-hydrogen) atoms. The number of fused-ring (bicyclic) bond motifs is 1. The van der Waals surface area contributed by atoms with Gasteiger partial charge in [-0.05, 0) is 54.9 Å². The van der Waals surface area contributed by atoms with E-state index < -0.39 is 17.5 Å². The van der Waals surface area contributed by atoms with Crippen LogP contribution in [0.4, 0.5) is 0 Å². The molecule has 0 aromatic carbocycles. The summed E-state index contributed by atoms with van der Waals surface area (Å²) in [7, 11) is 0. The number of hydrogen-bond acceptors (Lipinski definition) is 6. The molecule has 3 aliphatic rings. The van der Waals surface area contributed by atoms with Crippen molar-refractivity contribution in [2.45, 2.75) is 65.4 Å². The van der Waals surface area contributed by atoms with Crippen molar-refractivity contribution in [3.05, 3.63) is 11.6 Å². The lowest BCUT2D eigenvalue weighted by atomic mass is 9.45. The van der Waals surface area contributed by atoms with Crippen LogP contribution in [-0.2, 0) is 23.9 Å². The first-order chi connectivity index (χ1) is 12.7. The van der Waals surface area contributed by atoms with Gasteiger partial charge in [0.05, 0.1) is 12.0 Å². The molecule has 0 aromatic heterocycles. The molecule has 0 saturated heterocycles. The summed E-state index contributed by atoms with van der Waals surface area (Å²) in [5, 5.41) is 10.4. The Morgan fingerprint density at radius 2 is 2.15 bits per heavy atom. The molecule has 0 aromatic rings. The highest BCUT2D eigenvalue weighted by Gasteiger charge is 2.63. The van der Waals surface area contributed by atoms with E-state index in [9.17, 15) is 19.5 Å². The molecule has 5 atom stereocenters. The summed E-state index contributed by atoms with van der Waals surface area (Å²) in [6, 6.07) is 0. The number of cyclic esters (lactones) is 1. The van der Waals surface area contributed by atoms with Gasteiger partial charge in [0.1, 0.15) is 18.5 Å². The van der Waals surface area contributed by atoms with Gasteiger partial charge in [-0.15, -0.1) is 0 Å². The Hall–Kier alpha value is -1.69. The zero-order valence-electron chi connectivity index (χ0n) is 16.5. The molecule has 2 fully saturated rings. The minimum absolute atomic E-state index is 0.0178. The lowest BCUT2D eigenvalue weighted by Gasteiger charge is -2.60. The van der Waals surface area contributed by atoms with Crippen LogP contribution in [0.2, 0.25) is 0 Å². The van der Waals surface area contributed by atoms with E-state index in [1.54, 1.807) is 6.08 Å². The van der Waals surface area contributed by atoms with E-state index >= 15 is 0 Å². The first kappa shape index (κ1) is 20.1. The van der Waals surface area contributed by atoms with Gasteiger partial charge in [0.2, 0.25) is 0 Å².